The molecule has 5 nitrogen and oxygen atoms in total. The van der Waals surface area contributed by atoms with E-state index in [1.165, 1.54) is 0 Å². The number of nitrogens with zero attached hydrogens (tertiary/aromatic N) is 1. The standard InChI is InChI=1S/C11H11NO4/c1-15-8-4-2-3-7(5-8)9-6-10(11(13)14)16-12-9/h2-5,10H,6H2,1H3,(H,13,14). The molecule has 0 saturated heterocycles. The van der Waals surface area contributed by atoms with Gasteiger partial charge in [0.25, 0.3) is 0 Å². The Balaban J connectivity index is 2.17. The van der Waals surface area contributed by atoms with E-state index in [2.05, 4.69) is 5.16 Å². The summed E-state index contributed by atoms with van der Waals surface area (Å²) >= 11 is 0. The van der Waals surface area contributed by atoms with Crippen molar-refractivity contribution in [2.45, 2.75) is 12.5 Å². The Hall–Kier alpha value is -2.04. The molecule has 2 rings (SSSR count). The number of aliphatic carboxylic acids is 1. The summed E-state index contributed by atoms with van der Waals surface area (Å²) in [5.41, 5.74) is 1.45. The van der Waals surface area contributed by atoms with Crippen LogP contribution in [0.4, 0.5) is 0 Å². The summed E-state index contributed by atoms with van der Waals surface area (Å²) < 4.78 is 5.08. The number of benzene rings is 1. The molecule has 0 saturated carbocycles. The van der Waals surface area contributed by atoms with Crippen LogP contribution < -0.4 is 4.74 Å². The molecule has 16 heavy (non-hydrogen) atoms. The predicted molar refractivity (Wildman–Crippen MR) is 56.7 cm³/mol. The van der Waals surface area contributed by atoms with Crippen molar-refractivity contribution < 1.29 is 19.5 Å². The molecule has 0 aliphatic carbocycles. The molecule has 0 bridgehead atoms. The van der Waals surface area contributed by atoms with Gasteiger partial charge < -0.3 is 14.7 Å². The highest BCUT2D eigenvalue weighted by molar-refractivity contribution is 6.03. The molecule has 1 atom stereocenters. The van der Waals surface area contributed by atoms with Crippen LogP contribution in [0.2, 0.25) is 0 Å². The van der Waals surface area contributed by atoms with Gasteiger partial charge in [-0.2, -0.15) is 0 Å². The maximum atomic E-state index is 10.7. The summed E-state index contributed by atoms with van der Waals surface area (Å²) in [4.78, 5) is 15.5. The number of ether oxygens (including phenoxy) is 1. The first-order valence-corrected chi connectivity index (χ1v) is 4.80. The molecule has 5 heteroatoms. The number of hydrogen-bond donors (Lipinski definition) is 1. The van der Waals surface area contributed by atoms with Crippen molar-refractivity contribution in [2.75, 3.05) is 7.11 Å². The maximum absolute atomic E-state index is 10.7. The highest BCUT2D eigenvalue weighted by Crippen LogP contribution is 2.20. The van der Waals surface area contributed by atoms with E-state index in [9.17, 15) is 4.79 Å². The van der Waals surface area contributed by atoms with E-state index in [0.717, 1.165) is 5.56 Å². The zero-order valence-electron chi connectivity index (χ0n) is 8.71. The van der Waals surface area contributed by atoms with Crippen molar-refractivity contribution in [1.82, 2.24) is 0 Å². The normalized spacial score (nSPS) is 18.8. The summed E-state index contributed by atoms with van der Waals surface area (Å²) in [5, 5.41) is 12.5. The van der Waals surface area contributed by atoms with Crippen LogP contribution in [0.25, 0.3) is 0 Å². The van der Waals surface area contributed by atoms with Crippen molar-refractivity contribution in [1.29, 1.82) is 0 Å². The van der Waals surface area contributed by atoms with E-state index in [1.54, 1.807) is 13.2 Å². The number of carboxylic acid groups (broad SMARTS) is 1. The lowest BCUT2D eigenvalue weighted by molar-refractivity contribution is -0.148. The lowest BCUT2D eigenvalue weighted by Crippen LogP contribution is -2.19. The van der Waals surface area contributed by atoms with Crippen LogP contribution in [-0.2, 0) is 9.63 Å². The Morgan fingerprint density at radius 2 is 2.44 bits per heavy atom. The van der Waals surface area contributed by atoms with Gasteiger partial charge in [0.15, 0.2) is 0 Å². The minimum Gasteiger partial charge on any atom is -0.497 e. The number of methoxy groups -OCH3 is 1. The minimum atomic E-state index is -0.998. The van der Waals surface area contributed by atoms with Gasteiger partial charge in [0.1, 0.15) is 5.75 Å². The lowest BCUT2D eigenvalue weighted by Gasteiger charge is -2.03. The Morgan fingerprint density at radius 1 is 1.62 bits per heavy atom. The largest absolute Gasteiger partial charge is 0.497 e. The van der Waals surface area contributed by atoms with Gasteiger partial charge >= 0.3 is 5.97 Å². The molecule has 0 aromatic heterocycles. The quantitative estimate of drug-likeness (QED) is 0.834. The number of hydrogen-bond acceptors (Lipinski definition) is 4. The zero-order chi connectivity index (χ0) is 11.5. The van der Waals surface area contributed by atoms with E-state index in [-0.39, 0.29) is 6.42 Å². The molecule has 1 N–H and O–H groups in total. The van der Waals surface area contributed by atoms with Crippen LogP contribution in [0.3, 0.4) is 0 Å². The van der Waals surface area contributed by atoms with Gasteiger partial charge in [0.2, 0.25) is 6.10 Å². The summed E-state index contributed by atoms with van der Waals surface area (Å²) in [6, 6.07) is 7.28. The Morgan fingerprint density at radius 3 is 3.06 bits per heavy atom. The van der Waals surface area contributed by atoms with Crippen LogP contribution >= 0.6 is 0 Å². The first-order chi connectivity index (χ1) is 7.70. The summed E-state index contributed by atoms with van der Waals surface area (Å²) in [5.74, 6) is -0.291. The van der Waals surface area contributed by atoms with Crippen LogP contribution in [0.1, 0.15) is 12.0 Å². The van der Waals surface area contributed by atoms with Crippen LogP contribution in [0.15, 0.2) is 29.4 Å². The average molecular weight is 221 g/mol. The summed E-state index contributed by atoms with van der Waals surface area (Å²) in [7, 11) is 1.58. The van der Waals surface area contributed by atoms with Gasteiger partial charge in [-0.05, 0) is 12.1 Å². The van der Waals surface area contributed by atoms with Crippen molar-refractivity contribution in [3.8, 4) is 5.75 Å². The highest BCUT2D eigenvalue weighted by Gasteiger charge is 2.28. The topological polar surface area (TPSA) is 68.1 Å². The average Bonchev–Trinajstić information content (AvgIpc) is 2.78. The third-order valence-corrected chi connectivity index (χ3v) is 2.35. The molecule has 1 aromatic carbocycles. The Labute approximate surface area is 92.3 Å². The fourth-order valence-electron chi connectivity index (χ4n) is 1.48. The first kappa shape index (κ1) is 10.5. The second-order valence-corrected chi connectivity index (χ2v) is 3.41. The van der Waals surface area contributed by atoms with Crippen LogP contribution in [0.5, 0.6) is 5.75 Å². The van der Waals surface area contributed by atoms with E-state index in [4.69, 9.17) is 14.7 Å². The molecule has 0 spiro atoms. The second kappa shape index (κ2) is 4.22. The van der Waals surface area contributed by atoms with Crippen molar-refractivity contribution in [2.24, 2.45) is 5.16 Å². The van der Waals surface area contributed by atoms with E-state index >= 15 is 0 Å². The molecule has 0 radical (unpaired) electrons. The molecule has 1 heterocycles. The first-order valence-electron chi connectivity index (χ1n) is 4.80. The van der Waals surface area contributed by atoms with E-state index in [0.29, 0.717) is 11.5 Å². The lowest BCUT2D eigenvalue weighted by atomic mass is 10.0. The molecule has 1 aliphatic rings. The predicted octanol–water partition coefficient (Wildman–Crippen LogP) is 1.27. The van der Waals surface area contributed by atoms with Gasteiger partial charge in [-0.15, -0.1) is 0 Å². The fraction of sp³-hybridized carbons (Fsp3) is 0.273. The smallest absolute Gasteiger partial charge is 0.348 e. The number of rotatable bonds is 3. The summed E-state index contributed by atoms with van der Waals surface area (Å²) in [6.45, 7) is 0. The van der Waals surface area contributed by atoms with Crippen LogP contribution in [-0.4, -0.2) is 30.0 Å². The molecule has 1 unspecified atom stereocenters. The van der Waals surface area contributed by atoms with Gasteiger partial charge in [0, 0.05) is 12.0 Å². The third-order valence-electron chi connectivity index (χ3n) is 2.35. The molecule has 1 aromatic rings. The Kier molecular flexibility index (Phi) is 2.76. The second-order valence-electron chi connectivity index (χ2n) is 3.41. The number of carbonyl (C=O) groups is 1. The van der Waals surface area contributed by atoms with Crippen molar-refractivity contribution >= 4 is 11.7 Å². The number of carboxylic acids is 1. The summed E-state index contributed by atoms with van der Waals surface area (Å²) in [6.07, 6.45) is -0.594. The molecule has 84 valence electrons. The molecule has 0 fully saturated rings. The molecular formula is C11H11NO4. The molecule has 1 aliphatic heterocycles. The minimum absolute atomic E-state index is 0.280. The molecular weight excluding hydrogens is 210 g/mol. The fourth-order valence-corrected chi connectivity index (χ4v) is 1.48. The highest BCUT2D eigenvalue weighted by atomic mass is 16.7. The van der Waals surface area contributed by atoms with Crippen LogP contribution in [0, 0.1) is 0 Å². The SMILES string of the molecule is COc1cccc(C2=NOC(C(=O)O)C2)c1. The van der Waals surface area contributed by atoms with Crippen molar-refractivity contribution in [3.63, 3.8) is 0 Å². The van der Waals surface area contributed by atoms with Gasteiger partial charge in [-0.1, -0.05) is 17.3 Å². The Bertz CT molecular complexity index is 441. The van der Waals surface area contributed by atoms with E-state index in [1.807, 2.05) is 18.2 Å². The van der Waals surface area contributed by atoms with Gasteiger partial charge in [0.05, 0.1) is 12.8 Å². The molecule has 0 amide bonds. The van der Waals surface area contributed by atoms with Gasteiger partial charge in [-0.25, -0.2) is 4.79 Å². The van der Waals surface area contributed by atoms with Crippen molar-refractivity contribution in [3.05, 3.63) is 29.8 Å². The zero-order valence-corrected chi connectivity index (χ0v) is 8.71. The monoisotopic (exact) mass is 221 g/mol. The number of oxime groups is 1. The van der Waals surface area contributed by atoms with E-state index < -0.39 is 12.1 Å². The van der Waals surface area contributed by atoms with Gasteiger partial charge in [-0.3, -0.25) is 0 Å². The maximum Gasteiger partial charge on any atom is 0.348 e. The third kappa shape index (κ3) is 1.98.